The first kappa shape index (κ1) is 15.2. The van der Waals surface area contributed by atoms with Crippen molar-refractivity contribution in [2.75, 3.05) is 19.7 Å². The molecule has 4 heteroatoms. The molecular formula is C19H26N2O2. The highest BCUT2D eigenvalue weighted by molar-refractivity contribution is 5.78. The first-order chi connectivity index (χ1) is 11.3. The highest BCUT2D eigenvalue weighted by Crippen LogP contribution is 2.44. The summed E-state index contributed by atoms with van der Waals surface area (Å²) in [6.45, 7) is 1.31. The number of nitrogens with zero attached hydrogens (tertiary/aromatic N) is 1. The van der Waals surface area contributed by atoms with E-state index in [1.54, 1.807) is 0 Å². The second-order valence-electron chi connectivity index (χ2n) is 7.39. The topological polar surface area (TPSA) is 52.6 Å². The van der Waals surface area contributed by atoms with Crippen LogP contribution in [-0.4, -0.2) is 41.7 Å². The van der Waals surface area contributed by atoms with Crippen LogP contribution in [0.25, 0.3) is 0 Å². The fraction of sp³-hybridized carbons (Fsp3) is 0.632. The summed E-state index contributed by atoms with van der Waals surface area (Å²) >= 11 is 0. The molecule has 0 radical (unpaired) electrons. The van der Waals surface area contributed by atoms with Gasteiger partial charge in [-0.2, -0.15) is 0 Å². The van der Waals surface area contributed by atoms with Gasteiger partial charge < -0.3 is 10.4 Å². The third kappa shape index (κ3) is 3.29. The molecule has 23 heavy (non-hydrogen) atoms. The highest BCUT2D eigenvalue weighted by Gasteiger charge is 2.42. The number of rotatable bonds is 6. The maximum Gasteiger partial charge on any atom is 0.234 e. The smallest absolute Gasteiger partial charge is 0.234 e. The molecule has 124 valence electrons. The summed E-state index contributed by atoms with van der Waals surface area (Å²) < 4.78 is 0. The van der Waals surface area contributed by atoms with Crippen LogP contribution < -0.4 is 5.32 Å². The Morgan fingerprint density at radius 1 is 1.22 bits per heavy atom. The number of aliphatic hydroxyl groups is 1. The predicted molar refractivity (Wildman–Crippen MR) is 88.9 cm³/mol. The van der Waals surface area contributed by atoms with Gasteiger partial charge in [-0.1, -0.05) is 24.3 Å². The monoisotopic (exact) mass is 314 g/mol. The molecular weight excluding hydrogens is 288 g/mol. The van der Waals surface area contributed by atoms with Gasteiger partial charge in [0.25, 0.3) is 0 Å². The molecule has 4 rings (SSSR count). The van der Waals surface area contributed by atoms with Gasteiger partial charge in [-0.05, 0) is 55.1 Å². The quantitative estimate of drug-likeness (QED) is 0.843. The van der Waals surface area contributed by atoms with Crippen molar-refractivity contribution >= 4 is 5.91 Å². The number of amides is 1. The molecule has 1 aromatic rings. The Hall–Kier alpha value is -1.39. The van der Waals surface area contributed by atoms with Gasteiger partial charge in [0.2, 0.25) is 5.91 Å². The third-order valence-electron chi connectivity index (χ3n) is 5.63. The van der Waals surface area contributed by atoms with Gasteiger partial charge in [0.1, 0.15) is 0 Å². The minimum Gasteiger partial charge on any atom is -0.394 e. The Balaban J connectivity index is 1.40. The Labute approximate surface area is 137 Å². The van der Waals surface area contributed by atoms with Crippen LogP contribution >= 0.6 is 0 Å². The number of fused-ring (bicyclic) bond motifs is 1. The van der Waals surface area contributed by atoms with E-state index >= 15 is 0 Å². The zero-order valence-corrected chi connectivity index (χ0v) is 13.6. The van der Waals surface area contributed by atoms with Crippen molar-refractivity contribution in [3.05, 3.63) is 35.4 Å². The lowest BCUT2D eigenvalue weighted by Gasteiger charge is -2.36. The molecule has 0 saturated heterocycles. The summed E-state index contributed by atoms with van der Waals surface area (Å²) in [6.07, 6.45) is 6.06. The Morgan fingerprint density at radius 3 is 2.57 bits per heavy atom. The molecule has 2 aliphatic carbocycles. The van der Waals surface area contributed by atoms with Gasteiger partial charge in [0, 0.05) is 12.6 Å². The minimum atomic E-state index is -0.0500. The average Bonchev–Trinajstić information content (AvgIpc) is 3.46. The van der Waals surface area contributed by atoms with Gasteiger partial charge in [-0.25, -0.2) is 0 Å². The van der Waals surface area contributed by atoms with E-state index in [4.69, 9.17) is 0 Å². The summed E-state index contributed by atoms with van der Waals surface area (Å²) in [6, 6.07) is 8.63. The molecule has 2 N–H and O–H groups in total. The maximum atomic E-state index is 12.5. The van der Waals surface area contributed by atoms with Gasteiger partial charge in [0.15, 0.2) is 0 Å². The van der Waals surface area contributed by atoms with Gasteiger partial charge in [0.05, 0.1) is 19.2 Å². The van der Waals surface area contributed by atoms with Gasteiger partial charge >= 0.3 is 0 Å². The van der Waals surface area contributed by atoms with Crippen molar-refractivity contribution in [2.45, 2.75) is 44.2 Å². The van der Waals surface area contributed by atoms with E-state index in [9.17, 15) is 9.90 Å². The largest absolute Gasteiger partial charge is 0.394 e. The summed E-state index contributed by atoms with van der Waals surface area (Å²) in [5.41, 5.74) is 2.48. The van der Waals surface area contributed by atoms with Crippen LogP contribution in [0.4, 0.5) is 0 Å². The normalized spacial score (nSPS) is 24.5. The van der Waals surface area contributed by atoms with Crippen LogP contribution in [0.15, 0.2) is 24.3 Å². The molecule has 2 saturated carbocycles. The van der Waals surface area contributed by atoms with E-state index in [1.807, 2.05) is 12.1 Å². The van der Waals surface area contributed by atoms with E-state index in [1.165, 1.54) is 36.8 Å². The standard InChI is InChI=1S/C19H26N2O2/c22-12-17-16-4-2-1-3-13(16)9-10-21(17)11-18(23)20-19(14-5-6-14)15-7-8-15/h1-4,14-15,17,19,22H,5-12H2,(H,20,23). The fourth-order valence-electron chi connectivity index (χ4n) is 4.05. The molecule has 0 bridgehead atoms. The van der Waals surface area contributed by atoms with Crippen molar-refractivity contribution in [1.29, 1.82) is 0 Å². The Morgan fingerprint density at radius 2 is 1.91 bits per heavy atom. The molecule has 0 aromatic heterocycles. The van der Waals surface area contributed by atoms with Crippen LogP contribution in [-0.2, 0) is 11.2 Å². The molecule has 1 heterocycles. The molecule has 1 unspecified atom stereocenters. The van der Waals surface area contributed by atoms with Crippen LogP contribution in [0, 0.1) is 11.8 Å². The average molecular weight is 314 g/mol. The van der Waals surface area contributed by atoms with E-state index in [-0.39, 0.29) is 18.6 Å². The lowest BCUT2D eigenvalue weighted by Crippen LogP contribution is -2.47. The maximum absolute atomic E-state index is 12.5. The van der Waals surface area contributed by atoms with Crippen LogP contribution in [0.3, 0.4) is 0 Å². The van der Waals surface area contributed by atoms with Crippen molar-refractivity contribution in [2.24, 2.45) is 11.8 Å². The molecule has 1 amide bonds. The number of aliphatic hydroxyl groups excluding tert-OH is 1. The lowest BCUT2D eigenvalue weighted by molar-refractivity contribution is -0.124. The number of hydrogen-bond donors (Lipinski definition) is 2. The first-order valence-electron chi connectivity index (χ1n) is 8.98. The van der Waals surface area contributed by atoms with Gasteiger partial charge in [-0.15, -0.1) is 0 Å². The number of benzene rings is 1. The van der Waals surface area contributed by atoms with E-state index in [0.29, 0.717) is 12.6 Å². The van der Waals surface area contributed by atoms with Crippen LogP contribution in [0.5, 0.6) is 0 Å². The van der Waals surface area contributed by atoms with Crippen molar-refractivity contribution in [3.8, 4) is 0 Å². The van der Waals surface area contributed by atoms with E-state index in [0.717, 1.165) is 24.8 Å². The molecule has 3 aliphatic rings. The van der Waals surface area contributed by atoms with E-state index < -0.39 is 0 Å². The Bertz CT molecular complexity index is 568. The van der Waals surface area contributed by atoms with Crippen molar-refractivity contribution in [1.82, 2.24) is 10.2 Å². The molecule has 1 aliphatic heterocycles. The molecule has 1 aromatic carbocycles. The van der Waals surface area contributed by atoms with E-state index in [2.05, 4.69) is 22.3 Å². The number of nitrogens with one attached hydrogen (secondary N) is 1. The van der Waals surface area contributed by atoms with Crippen LogP contribution in [0.2, 0.25) is 0 Å². The molecule has 2 fully saturated rings. The second-order valence-corrected chi connectivity index (χ2v) is 7.39. The zero-order valence-electron chi connectivity index (χ0n) is 13.6. The summed E-state index contributed by atoms with van der Waals surface area (Å²) in [4.78, 5) is 14.7. The first-order valence-corrected chi connectivity index (χ1v) is 8.98. The molecule has 1 atom stereocenters. The fourth-order valence-corrected chi connectivity index (χ4v) is 4.05. The lowest BCUT2D eigenvalue weighted by atomic mass is 9.93. The zero-order chi connectivity index (χ0) is 15.8. The third-order valence-corrected chi connectivity index (χ3v) is 5.63. The summed E-state index contributed by atoms with van der Waals surface area (Å²) in [5.74, 6) is 1.58. The molecule has 0 spiro atoms. The number of carbonyl (C=O) groups is 1. The highest BCUT2D eigenvalue weighted by atomic mass is 16.3. The Kier molecular flexibility index (Phi) is 4.12. The number of carbonyl (C=O) groups excluding carboxylic acids is 1. The minimum absolute atomic E-state index is 0.0500. The summed E-state index contributed by atoms with van der Waals surface area (Å²) in [7, 11) is 0. The SMILES string of the molecule is O=C(CN1CCc2ccccc2C1CO)NC(C1CC1)C1CC1. The second kappa shape index (κ2) is 6.25. The predicted octanol–water partition coefficient (Wildman–Crippen LogP) is 1.88. The van der Waals surface area contributed by atoms with Crippen molar-refractivity contribution < 1.29 is 9.90 Å². The van der Waals surface area contributed by atoms with Crippen LogP contribution in [0.1, 0.15) is 42.9 Å². The van der Waals surface area contributed by atoms with Crippen molar-refractivity contribution in [3.63, 3.8) is 0 Å². The summed E-state index contributed by atoms with van der Waals surface area (Å²) in [5, 5.41) is 13.1. The van der Waals surface area contributed by atoms with Gasteiger partial charge in [-0.3, -0.25) is 9.69 Å². The number of hydrogen-bond acceptors (Lipinski definition) is 3. The molecule has 4 nitrogen and oxygen atoms in total.